The second kappa shape index (κ2) is 5.78. The van der Waals surface area contributed by atoms with Crippen molar-refractivity contribution in [3.63, 3.8) is 0 Å². The second-order valence-electron chi connectivity index (χ2n) is 5.24. The highest BCUT2D eigenvalue weighted by Gasteiger charge is 2.14. The van der Waals surface area contributed by atoms with Crippen LogP contribution in [-0.2, 0) is 6.54 Å². The first kappa shape index (κ1) is 14.1. The third kappa shape index (κ3) is 3.18. The van der Waals surface area contributed by atoms with Crippen molar-refractivity contribution >= 4 is 11.6 Å². The van der Waals surface area contributed by atoms with Crippen LogP contribution in [0.15, 0.2) is 42.5 Å². The number of nitrogen functional groups attached to an aromatic ring is 1. The van der Waals surface area contributed by atoms with Crippen molar-refractivity contribution in [3.8, 4) is 0 Å². The lowest BCUT2D eigenvalue weighted by molar-refractivity contribution is 0.0786. The van der Waals surface area contributed by atoms with E-state index in [-0.39, 0.29) is 5.91 Å². The van der Waals surface area contributed by atoms with E-state index in [1.807, 2.05) is 50.2 Å². The van der Waals surface area contributed by atoms with Crippen molar-refractivity contribution in [1.29, 1.82) is 0 Å². The Labute approximate surface area is 120 Å². The average molecular weight is 268 g/mol. The molecule has 0 bridgehead atoms. The molecule has 2 aromatic carbocycles. The Morgan fingerprint density at radius 1 is 1.05 bits per heavy atom. The van der Waals surface area contributed by atoms with Crippen molar-refractivity contribution in [1.82, 2.24) is 4.90 Å². The average Bonchev–Trinajstić information content (AvgIpc) is 2.40. The molecule has 0 fully saturated rings. The van der Waals surface area contributed by atoms with Gasteiger partial charge in [-0.25, -0.2) is 0 Å². The highest BCUT2D eigenvalue weighted by Crippen LogP contribution is 2.17. The zero-order chi connectivity index (χ0) is 14.7. The number of benzene rings is 2. The molecule has 104 valence electrons. The molecular formula is C17H20N2O. The van der Waals surface area contributed by atoms with Gasteiger partial charge in [0.2, 0.25) is 0 Å². The minimum atomic E-state index is -0.0527. The van der Waals surface area contributed by atoms with Crippen molar-refractivity contribution < 1.29 is 4.79 Å². The SMILES string of the molecule is Cc1ccc(CN(C)C(=O)c2ccc(C)cc2N)cc1. The number of nitrogens with two attached hydrogens (primary N) is 1. The van der Waals surface area contributed by atoms with Crippen LogP contribution in [0.4, 0.5) is 5.69 Å². The van der Waals surface area contributed by atoms with Gasteiger partial charge in [-0.05, 0) is 37.1 Å². The summed E-state index contributed by atoms with van der Waals surface area (Å²) in [5.41, 5.74) is 10.4. The van der Waals surface area contributed by atoms with E-state index in [0.717, 1.165) is 11.1 Å². The second-order valence-corrected chi connectivity index (χ2v) is 5.24. The fraction of sp³-hybridized carbons (Fsp3) is 0.235. The molecule has 0 aliphatic heterocycles. The smallest absolute Gasteiger partial charge is 0.255 e. The fourth-order valence-electron chi connectivity index (χ4n) is 2.12. The number of aryl methyl sites for hydroxylation is 2. The lowest BCUT2D eigenvalue weighted by Gasteiger charge is -2.18. The van der Waals surface area contributed by atoms with Crippen LogP contribution >= 0.6 is 0 Å². The van der Waals surface area contributed by atoms with Crippen LogP contribution in [0.5, 0.6) is 0 Å². The zero-order valence-corrected chi connectivity index (χ0v) is 12.2. The Morgan fingerprint density at radius 2 is 1.65 bits per heavy atom. The summed E-state index contributed by atoms with van der Waals surface area (Å²) >= 11 is 0. The molecule has 0 unspecified atom stereocenters. The summed E-state index contributed by atoms with van der Waals surface area (Å²) in [5.74, 6) is -0.0527. The van der Waals surface area contributed by atoms with Gasteiger partial charge in [0.05, 0.1) is 5.56 Å². The molecule has 3 heteroatoms. The minimum absolute atomic E-state index is 0.0527. The molecule has 2 N–H and O–H groups in total. The van der Waals surface area contributed by atoms with E-state index in [1.165, 1.54) is 5.56 Å². The molecule has 1 amide bonds. The van der Waals surface area contributed by atoms with Gasteiger partial charge >= 0.3 is 0 Å². The lowest BCUT2D eigenvalue weighted by Crippen LogP contribution is -2.27. The number of anilines is 1. The van der Waals surface area contributed by atoms with Crippen LogP contribution in [0.2, 0.25) is 0 Å². The van der Waals surface area contributed by atoms with Crippen molar-refractivity contribution in [2.24, 2.45) is 0 Å². The Balaban J connectivity index is 2.14. The van der Waals surface area contributed by atoms with E-state index >= 15 is 0 Å². The number of hydrogen-bond donors (Lipinski definition) is 1. The topological polar surface area (TPSA) is 46.3 Å². The van der Waals surface area contributed by atoms with E-state index in [4.69, 9.17) is 5.73 Å². The van der Waals surface area contributed by atoms with Crippen LogP contribution in [-0.4, -0.2) is 17.9 Å². The third-order valence-corrected chi connectivity index (χ3v) is 3.32. The molecule has 20 heavy (non-hydrogen) atoms. The minimum Gasteiger partial charge on any atom is -0.398 e. The van der Waals surface area contributed by atoms with Crippen molar-refractivity contribution in [2.45, 2.75) is 20.4 Å². The third-order valence-electron chi connectivity index (χ3n) is 3.32. The molecule has 0 aromatic heterocycles. The number of hydrogen-bond acceptors (Lipinski definition) is 2. The van der Waals surface area contributed by atoms with Gasteiger partial charge in [0, 0.05) is 19.3 Å². The summed E-state index contributed by atoms with van der Waals surface area (Å²) in [7, 11) is 1.79. The quantitative estimate of drug-likeness (QED) is 0.869. The molecule has 0 radical (unpaired) electrons. The number of carbonyl (C=O) groups excluding carboxylic acids is 1. The molecule has 0 spiro atoms. The Morgan fingerprint density at radius 3 is 2.25 bits per heavy atom. The first-order chi connectivity index (χ1) is 9.47. The number of rotatable bonds is 3. The van der Waals surface area contributed by atoms with Crippen molar-refractivity contribution in [3.05, 3.63) is 64.7 Å². The van der Waals surface area contributed by atoms with E-state index < -0.39 is 0 Å². The molecule has 0 aliphatic carbocycles. The summed E-state index contributed by atoms with van der Waals surface area (Å²) in [5, 5.41) is 0. The van der Waals surface area contributed by atoms with E-state index in [1.54, 1.807) is 18.0 Å². The van der Waals surface area contributed by atoms with Crippen LogP contribution in [0.1, 0.15) is 27.0 Å². The highest BCUT2D eigenvalue weighted by atomic mass is 16.2. The first-order valence-corrected chi connectivity index (χ1v) is 6.64. The molecule has 2 aromatic rings. The van der Waals surface area contributed by atoms with Crippen LogP contribution in [0, 0.1) is 13.8 Å². The normalized spacial score (nSPS) is 10.3. The van der Waals surface area contributed by atoms with E-state index in [2.05, 4.69) is 0 Å². The molecular weight excluding hydrogens is 248 g/mol. The molecule has 0 saturated carbocycles. The molecule has 0 heterocycles. The van der Waals surface area contributed by atoms with Crippen LogP contribution < -0.4 is 5.73 Å². The number of carbonyl (C=O) groups is 1. The Hall–Kier alpha value is -2.29. The van der Waals surface area contributed by atoms with Crippen molar-refractivity contribution in [2.75, 3.05) is 12.8 Å². The van der Waals surface area contributed by atoms with E-state index in [0.29, 0.717) is 17.8 Å². The maximum absolute atomic E-state index is 12.4. The predicted octanol–water partition coefficient (Wildman–Crippen LogP) is 3.16. The Bertz CT molecular complexity index is 617. The largest absolute Gasteiger partial charge is 0.398 e. The van der Waals surface area contributed by atoms with Gasteiger partial charge in [0.1, 0.15) is 0 Å². The maximum atomic E-state index is 12.4. The van der Waals surface area contributed by atoms with Gasteiger partial charge < -0.3 is 10.6 Å². The molecule has 3 nitrogen and oxygen atoms in total. The summed E-state index contributed by atoms with van der Waals surface area (Å²) in [4.78, 5) is 14.1. The number of amides is 1. The predicted molar refractivity (Wildman–Crippen MR) is 82.6 cm³/mol. The van der Waals surface area contributed by atoms with Gasteiger partial charge in [0.25, 0.3) is 5.91 Å². The molecule has 2 rings (SSSR count). The van der Waals surface area contributed by atoms with Gasteiger partial charge in [-0.2, -0.15) is 0 Å². The molecule has 0 saturated heterocycles. The van der Waals surface area contributed by atoms with Gasteiger partial charge in [-0.3, -0.25) is 4.79 Å². The molecule has 0 atom stereocenters. The van der Waals surface area contributed by atoms with Gasteiger partial charge in [-0.1, -0.05) is 35.9 Å². The van der Waals surface area contributed by atoms with E-state index in [9.17, 15) is 4.79 Å². The summed E-state index contributed by atoms with van der Waals surface area (Å²) in [6, 6.07) is 13.7. The standard InChI is InChI=1S/C17H20N2O/c1-12-4-7-14(8-5-12)11-19(3)17(20)15-9-6-13(2)10-16(15)18/h4-10H,11,18H2,1-3H3. The zero-order valence-electron chi connectivity index (χ0n) is 12.2. The maximum Gasteiger partial charge on any atom is 0.255 e. The van der Waals surface area contributed by atoms with Crippen LogP contribution in [0.3, 0.4) is 0 Å². The van der Waals surface area contributed by atoms with Gasteiger partial charge in [-0.15, -0.1) is 0 Å². The monoisotopic (exact) mass is 268 g/mol. The Kier molecular flexibility index (Phi) is 4.08. The fourth-order valence-corrected chi connectivity index (χ4v) is 2.12. The summed E-state index contributed by atoms with van der Waals surface area (Å²) in [6.07, 6.45) is 0. The first-order valence-electron chi connectivity index (χ1n) is 6.64. The molecule has 0 aliphatic rings. The van der Waals surface area contributed by atoms with Gasteiger partial charge in [0.15, 0.2) is 0 Å². The highest BCUT2D eigenvalue weighted by molar-refractivity contribution is 5.99. The lowest BCUT2D eigenvalue weighted by atomic mass is 10.1. The summed E-state index contributed by atoms with van der Waals surface area (Å²) < 4.78 is 0. The van der Waals surface area contributed by atoms with Crippen LogP contribution in [0.25, 0.3) is 0 Å². The number of nitrogens with zero attached hydrogens (tertiary/aromatic N) is 1. The summed E-state index contributed by atoms with van der Waals surface area (Å²) in [6.45, 7) is 4.58.